The molecule has 1 atom stereocenters. The lowest BCUT2D eigenvalue weighted by Crippen LogP contribution is -2.12. The van der Waals surface area contributed by atoms with Crippen LogP contribution in [0.2, 0.25) is 0 Å². The van der Waals surface area contributed by atoms with Gasteiger partial charge in [-0.15, -0.1) is 11.3 Å². The molecular weight excluding hydrogens is 453 g/mol. The first-order valence-electron chi connectivity index (χ1n) is 6.23. The number of fused-ring (bicyclic) bond motifs is 1. The number of nitrogens with two attached hydrogens (primary N) is 1. The third-order valence-electron chi connectivity index (χ3n) is 3.15. The van der Waals surface area contributed by atoms with Crippen molar-refractivity contribution in [3.05, 3.63) is 42.1 Å². The van der Waals surface area contributed by atoms with Crippen LogP contribution in [-0.4, -0.2) is 13.2 Å². The van der Waals surface area contributed by atoms with Gasteiger partial charge in [0.05, 0.1) is 22.1 Å². The molecule has 1 aromatic carbocycles. The topological polar surface area (TPSA) is 44.5 Å². The van der Waals surface area contributed by atoms with Crippen molar-refractivity contribution < 1.29 is 9.47 Å². The van der Waals surface area contributed by atoms with Crippen molar-refractivity contribution in [1.29, 1.82) is 0 Å². The molecule has 106 valence electrons. The van der Waals surface area contributed by atoms with Crippen LogP contribution in [0.1, 0.15) is 23.6 Å². The molecule has 3 nitrogen and oxygen atoms in total. The third-order valence-corrected chi connectivity index (χ3v) is 5.64. The van der Waals surface area contributed by atoms with Crippen molar-refractivity contribution in [1.82, 2.24) is 0 Å². The van der Waals surface area contributed by atoms with Crippen LogP contribution < -0.4 is 15.2 Å². The minimum Gasteiger partial charge on any atom is -0.490 e. The molecule has 1 aliphatic rings. The molecule has 0 radical (unpaired) electrons. The first-order chi connectivity index (χ1) is 9.65. The smallest absolute Gasteiger partial charge is 0.162 e. The van der Waals surface area contributed by atoms with E-state index < -0.39 is 0 Å². The SMILES string of the molecule is NC(c1csc(I)c1)c1cc2c(cc1Br)OCCCO2. The molecule has 2 N–H and O–H groups in total. The maximum absolute atomic E-state index is 6.38. The van der Waals surface area contributed by atoms with Gasteiger partial charge in [0, 0.05) is 10.9 Å². The molecule has 0 amide bonds. The Morgan fingerprint density at radius 1 is 1.20 bits per heavy atom. The molecule has 1 aliphatic heterocycles. The summed E-state index contributed by atoms with van der Waals surface area (Å²) in [6.45, 7) is 1.37. The van der Waals surface area contributed by atoms with E-state index in [4.69, 9.17) is 15.2 Å². The molecule has 0 fully saturated rings. The quantitative estimate of drug-likeness (QED) is 0.671. The number of rotatable bonds is 2. The second-order valence-corrected chi connectivity index (χ2v) is 8.19. The third kappa shape index (κ3) is 2.98. The monoisotopic (exact) mass is 465 g/mol. The first-order valence-corrected chi connectivity index (χ1v) is 8.99. The van der Waals surface area contributed by atoms with E-state index in [-0.39, 0.29) is 6.04 Å². The molecular formula is C14H13BrINO2S. The van der Waals surface area contributed by atoms with Crippen LogP contribution in [0.5, 0.6) is 11.5 Å². The molecule has 6 heteroatoms. The van der Waals surface area contributed by atoms with E-state index in [0.717, 1.165) is 33.5 Å². The summed E-state index contributed by atoms with van der Waals surface area (Å²) < 4.78 is 13.6. The highest BCUT2D eigenvalue weighted by atomic mass is 127. The molecule has 1 unspecified atom stereocenters. The Labute approximate surface area is 143 Å². The zero-order valence-electron chi connectivity index (χ0n) is 10.6. The van der Waals surface area contributed by atoms with Gasteiger partial charge in [0.1, 0.15) is 0 Å². The van der Waals surface area contributed by atoms with Crippen molar-refractivity contribution in [3.63, 3.8) is 0 Å². The van der Waals surface area contributed by atoms with Crippen LogP contribution in [-0.2, 0) is 0 Å². The molecule has 0 spiro atoms. The van der Waals surface area contributed by atoms with Crippen molar-refractivity contribution in [3.8, 4) is 11.5 Å². The van der Waals surface area contributed by atoms with Crippen LogP contribution in [0.3, 0.4) is 0 Å². The number of hydrogen-bond acceptors (Lipinski definition) is 4. The maximum atomic E-state index is 6.38. The molecule has 3 rings (SSSR count). The van der Waals surface area contributed by atoms with Crippen LogP contribution in [0.25, 0.3) is 0 Å². The average molecular weight is 466 g/mol. The van der Waals surface area contributed by atoms with Crippen molar-refractivity contribution in [2.24, 2.45) is 5.73 Å². The summed E-state index contributed by atoms with van der Waals surface area (Å²) in [6.07, 6.45) is 0.899. The normalized spacial score (nSPS) is 15.8. The van der Waals surface area contributed by atoms with Gasteiger partial charge >= 0.3 is 0 Å². The van der Waals surface area contributed by atoms with E-state index in [1.54, 1.807) is 11.3 Å². The lowest BCUT2D eigenvalue weighted by molar-refractivity contribution is 0.297. The van der Waals surface area contributed by atoms with E-state index in [9.17, 15) is 0 Å². The fraction of sp³-hybridized carbons (Fsp3) is 0.286. The second-order valence-electron chi connectivity index (χ2n) is 4.53. The summed E-state index contributed by atoms with van der Waals surface area (Å²) in [6, 6.07) is 5.89. The predicted octanol–water partition coefficient (Wildman–Crippen LogP) is 4.32. The molecule has 1 aromatic heterocycles. The summed E-state index contributed by atoms with van der Waals surface area (Å²) in [7, 11) is 0. The summed E-state index contributed by atoms with van der Waals surface area (Å²) in [5.41, 5.74) is 8.52. The van der Waals surface area contributed by atoms with Gasteiger partial charge in [-0.3, -0.25) is 0 Å². The molecule has 20 heavy (non-hydrogen) atoms. The van der Waals surface area contributed by atoms with Gasteiger partial charge in [-0.05, 0) is 57.3 Å². The van der Waals surface area contributed by atoms with Crippen molar-refractivity contribution in [2.45, 2.75) is 12.5 Å². The van der Waals surface area contributed by atoms with Crippen LogP contribution in [0.15, 0.2) is 28.1 Å². The number of halogens is 2. The Morgan fingerprint density at radius 3 is 2.55 bits per heavy atom. The highest BCUT2D eigenvalue weighted by molar-refractivity contribution is 14.1. The van der Waals surface area contributed by atoms with Gasteiger partial charge in [0.2, 0.25) is 0 Å². The number of thiophene rings is 1. The number of hydrogen-bond donors (Lipinski definition) is 1. The second kappa shape index (κ2) is 6.21. The van der Waals surface area contributed by atoms with Crippen LogP contribution >= 0.6 is 49.9 Å². The maximum Gasteiger partial charge on any atom is 0.162 e. The number of benzene rings is 1. The molecule has 0 saturated heterocycles. The zero-order chi connectivity index (χ0) is 14.1. The Bertz CT molecular complexity index is 632. The highest BCUT2D eigenvalue weighted by Gasteiger charge is 2.19. The van der Waals surface area contributed by atoms with Gasteiger partial charge in [-0.25, -0.2) is 0 Å². The molecule has 0 aliphatic carbocycles. The minimum absolute atomic E-state index is 0.165. The average Bonchev–Trinajstić information content (AvgIpc) is 2.73. The Balaban J connectivity index is 1.99. The van der Waals surface area contributed by atoms with E-state index >= 15 is 0 Å². The summed E-state index contributed by atoms with van der Waals surface area (Å²) in [5.74, 6) is 1.56. The summed E-state index contributed by atoms with van der Waals surface area (Å²) in [4.78, 5) is 0. The van der Waals surface area contributed by atoms with E-state index in [1.807, 2.05) is 12.1 Å². The molecule has 0 saturated carbocycles. The van der Waals surface area contributed by atoms with Crippen molar-refractivity contribution >= 4 is 49.9 Å². The van der Waals surface area contributed by atoms with Gasteiger partial charge in [0.25, 0.3) is 0 Å². The highest BCUT2D eigenvalue weighted by Crippen LogP contribution is 2.39. The van der Waals surface area contributed by atoms with Crippen molar-refractivity contribution in [2.75, 3.05) is 13.2 Å². The predicted molar refractivity (Wildman–Crippen MR) is 92.8 cm³/mol. The molecule has 2 heterocycles. The fourth-order valence-corrected chi connectivity index (χ4v) is 4.08. The van der Waals surface area contributed by atoms with Crippen LogP contribution in [0, 0.1) is 2.88 Å². The van der Waals surface area contributed by atoms with Gasteiger partial charge < -0.3 is 15.2 Å². The molecule has 2 aromatic rings. The number of ether oxygens (including phenoxy) is 2. The van der Waals surface area contributed by atoms with Gasteiger partial charge in [-0.1, -0.05) is 15.9 Å². The lowest BCUT2D eigenvalue weighted by atomic mass is 10.0. The molecule has 0 bridgehead atoms. The summed E-state index contributed by atoms with van der Waals surface area (Å²) >= 11 is 7.60. The standard InChI is InChI=1S/C14H13BrINO2S/c15-10-6-12-11(18-2-1-3-19-12)5-9(10)14(17)8-4-13(16)20-7-8/h4-7,14H,1-3,17H2. The van der Waals surface area contributed by atoms with E-state index in [0.29, 0.717) is 13.2 Å². The Morgan fingerprint density at radius 2 is 1.90 bits per heavy atom. The van der Waals surface area contributed by atoms with Gasteiger partial charge in [0.15, 0.2) is 11.5 Å². The summed E-state index contributed by atoms with van der Waals surface area (Å²) in [5, 5.41) is 2.10. The Hall–Kier alpha value is -0.310. The Kier molecular flexibility index (Phi) is 4.54. The lowest BCUT2D eigenvalue weighted by Gasteiger charge is -2.16. The van der Waals surface area contributed by atoms with E-state index in [2.05, 4.69) is 50.0 Å². The zero-order valence-corrected chi connectivity index (χ0v) is 15.1. The fourth-order valence-electron chi connectivity index (χ4n) is 2.10. The first kappa shape index (κ1) is 14.6. The largest absolute Gasteiger partial charge is 0.490 e. The van der Waals surface area contributed by atoms with E-state index in [1.165, 1.54) is 2.88 Å². The minimum atomic E-state index is -0.165. The van der Waals surface area contributed by atoms with Gasteiger partial charge in [-0.2, -0.15) is 0 Å². The van der Waals surface area contributed by atoms with Crippen LogP contribution in [0.4, 0.5) is 0 Å².